The van der Waals surface area contributed by atoms with Gasteiger partial charge in [0, 0.05) is 11.4 Å². The number of fused-ring (bicyclic) bond motifs is 2. The first-order valence-electron chi connectivity index (χ1n) is 11.9. The number of anilines is 2. The summed E-state index contributed by atoms with van der Waals surface area (Å²) in [7, 11) is 0. The third-order valence-corrected chi connectivity index (χ3v) is 8.11. The van der Waals surface area contributed by atoms with E-state index in [2.05, 4.69) is 120 Å². The van der Waals surface area contributed by atoms with Gasteiger partial charge in [-0.05, 0) is 95.8 Å². The molecule has 2 aliphatic heterocycles. The summed E-state index contributed by atoms with van der Waals surface area (Å²) in [6.45, 7) is 17.9. The molecule has 0 spiro atoms. The van der Waals surface area contributed by atoms with Crippen LogP contribution in [0.3, 0.4) is 0 Å². The van der Waals surface area contributed by atoms with Gasteiger partial charge in [-0.2, -0.15) is 0 Å². The molecular formula is C30H35FN2. The molecule has 3 aromatic carbocycles. The first-order chi connectivity index (χ1) is 15.3. The van der Waals surface area contributed by atoms with Crippen LogP contribution in [0, 0.1) is 5.82 Å². The van der Waals surface area contributed by atoms with Crippen molar-refractivity contribution >= 4 is 11.4 Å². The van der Waals surface area contributed by atoms with Gasteiger partial charge < -0.3 is 9.80 Å². The minimum Gasteiger partial charge on any atom is -0.353 e. The van der Waals surface area contributed by atoms with Crippen LogP contribution in [-0.2, 0) is 22.2 Å². The SMILES string of the molecule is CC1(C)c2ccccc2C(C)(C)N1c1cc(F)cc(N2C(C)(C)c3ccccc3C2(C)C)c1. The fourth-order valence-electron chi connectivity index (χ4n) is 7.09. The molecule has 0 saturated heterocycles. The van der Waals surface area contributed by atoms with E-state index in [9.17, 15) is 0 Å². The van der Waals surface area contributed by atoms with Gasteiger partial charge in [0.15, 0.2) is 0 Å². The molecule has 0 aromatic heterocycles. The number of halogens is 1. The monoisotopic (exact) mass is 442 g/mol. The third-order valence-electron chi connectivity index (χ3n) is 8.11. The van der Waals surface area contributed by atoms with E-state index in [1.165, 1.54) is 22.3 Å². The molecule has 0 radical (unpaired) electrons. The van der Waals surface area contributed by atoms with Gasteiger partial charge in [0.2, 0.25) is 0 Å². The second kappa shape index (κ2) is 6.62. The number of rotatable bonds is 2. The molecular weight excluding hydrogens is 407 g/mol. The van der Waals surface area contributed by atoms with Gasteiger partial charge in [0.25, 0.3) is 0 Å². The second-order valence-electron chi connectivity index (χ2n) is 11.7. The Labute approximate surface area is 198 Å². The lowest BCUT2D eigenvalue weighted by molar-refractivity contribution is 0.397. The minimum absolute atomic E-state index is 0.201. The standard InChI is InChI=1S/C30H35FN2/c1-27(2)23-13-9-10-14-24(23)28(3,4)32(27)21-17-20(31)18-22(19-21)33-29(5,6)25-15-11-12-16-26(25)30(33,7)8/h9-19H,1-8H3. The van der Waals surface area contributed by atoms with Crippen LogP contribution >= 0.6 is 0 Å². The van der Waals surface area contributed by atoms with Crippen LogP contribution in [-0.4, -0.2) is 0 Å². The van der Waals surface area contributed by atoms with Crippen molar-refractivity contribution in [2.24, 2.45) is 0 Å². The number of hydrogen-bond acceptors (Lipinski definition) is 2. The largest absolute Gasteiger partial charge is 0.353 e. The molecule has 0 atom stereocenters. The molecule has 5 rings (SSSR count). The summed E-state index contributed by atoms with van der Waals surface area (Å²) in [6, 6.07) is 22.8. The van der Waals surface area contributed by atoms with Gasteiger partial charge in [-0.3, -0.25) is 0 Å². The second-order valence-corrected chi connectivity index (χ2v) is 11.7. The van der Waals surface area contributed by atoms with Crippen molar-refractivity contribution < 1.29 is 4.39 Å². The van der Waals surface area contributed by atoms with Crippen LogP contribution in [0.1, 0.15) is 77.6 Å². The van der Waals surface area contributed by atoms with Crippen molar-refractivity contribution in [3.05, 3.63) is 94.8 Å². The zero-order valence-electron chi connectivity index (χ0n) is 21.1. The van der Waals surface area contributed by atoms with E-state index in [1.807, 2.05) is 0 Å². The van der Waals surface area contributed by atoms with Gasteiger partial charge in [-0.15, -0.1) is 0 Å². The van der Waals surface area contributed by atoms with Crippen LogP contribution in [0.5, 0.6) is 0 Å². The molecule has 2 aliphatic rings. The maximum atomic E-state index is 15.3. The van der Waals surface area contributed by atoms with E-state index < -0.39 is 0 Å². The van der Waals surface area contributed by atoms with Gasteiger partial charge >= 0.3 is 0 Å². The van der Waals surface area contributed by atoms with Crippen LogP contribution < -0.4 is 9.80 Å². The summed E-state index contributed by atoms with van der Waals surface area (Å²) in [6.07, 6.45) is 0. The van der Waals surface area contributed by atoms with Crippen molar-refractivity contribution in [2.45, 2.75) is 77.5 Å². The molecule has 172 valence electrons. The molecule has 0 amide bonds. The predicted octanol–water partition coefficient (Wildman–Crippen LogP) is 7.81. The van der Waals surface area contributed by atoms with Crippen molar-refractivity contribution in [3.63, 3.8) is 0 Å². The number of hydrogen-bond donors (Lipinski definition) is 0. The fraction of sp³-hybridized carbons (Fsp3) is 0.400. The smallest absolute Gasteiger partial charge is 0.127 e. The van der Waals surface area contributed by atoms with E-state index in [1.54, 1.807) is 12.1 Å². The molecule has 0 saturated carbocycles. The van der Waals surface area contributed by atoms with Crippen LogP contribution in [0.2, 0.25) is 0 Å². The Morgan fingerprint density at radius 2 is 0.758 bits per heavy atom. The minimum atomic E-state index is -0.260. The molecule has 2 heterocycles. The molecule has 0 N–H and O–H groups in total. The highest BCUT2D eigenvalue weighted by Crippen LogP contribution is 2.55. The summed E-state index contributed by atoms with van der Waals surface area (Å²) < 4.78 is 15.3. The molecule has 0 fully saturated rings. The van der Waals surface area contributed by atoms with Gasteiger partial charge in [0.05, 0.1) is 22.2 Å². The molecule has 33 heavy (non-hydrogen) atoms. The Morgan fingerprint density at radius 3 is 1.03 bits per heavy atom. The van der Waals surface area contributed by atoms with Crippen LogP contribution in [0.4, 0.5) is 15.8 Å². The summed E-state index contributed by atoms with van der Waals surface area (Å²) in [5, 5.41) is 0. The average molecular weight is 443 g/mol. The van der Waals surface area contributed by atoms with Gasteiger partial charge in [0.1, 0.15) is 5.82 Å². The van der Waals surface area contributed by atoms with Crippen molar-refractivity contribution in [2.75, 3.05) is 9.80 Å². The Hall–Kier alpha value is -2.81. The van der Waals surface area contributed by atoms with Crippen LogP contribution in [0.15, 0.2) is 66.7 Å². The van der Waals surface area contributed by atoms with E-state index in [-0.39, 0.29) is 28.0 Å². The third kappa shape index (κ3) is 2.84. The zero-order valence-corrected chi connectivity index (χ0v) is 21.1. The van der Waals surface area contributed by atoms with E-state index in [0.29, 0.717) is 0 Å². The normalized spacial score (nSPS) is 21.1. The van der Waals surface area contributed by atoms with E-state index >= 15 is 4.39 Å². The number of benzene rings is 3. The van der Waals surface area contributed by atoms with Gasteiger partial charge in [-0.1, -0.05) is 48.5 Å². The highest BCUT2D eigenvalue weighted by molar-refractivity contribution is 5.70. The Morgan fingerprint density at radius 1 is 0.485 bits per heavy atom. The summed E-state index contributed by atoms with van der Waals surface area (Å²) in [5.41, 5.74) is 6.00. The number of nitrogens with zero attached hydrogens (tertiary/aromatic N) is 2. The maximum Gasteiger partial charge on any atom is 0.127 e. The van der Waals surface area contributed by atoms with Crippen LogP contribution in [0.25, 0.3) is 0 Å². The Kier molecular flexibility index (Phi) is 4.42. The predicted molar refractivity (Wildman–Crippen MR) is 136 cm³/mol. The summed E-state index contributed by atoms with van der Waals surface area (Å²) >= 11 is 0. The zero-order chi connectivity index (χ0) is 24.0. The maximum absolute atomic E-state index is 15.3. The topological polar surface area (TPSA) is 6.48 Å². The molecule has 3 heteroatoms. The lowest BCUT2D eigenvalue weighted by Crippen LogP contribution is -2.47. The quantitative estimate of drug-likeness (QED) is 0.399. The molecule has 3 aromatic rings. The van der Waals surface area contributed by atoms with Crippen molar-refractivity contribution in [1.29, 1.82) is 0 Å². The Balaban J connectivity index is 1.69. The molecule has 0 unspecified atom stereocenters. The molecule has 0 bridgehead atoms. The lowest BCUT2D eigenvalue weighted by Gasteiger charge is -2.46. The van der Waals surface area contributed by atoms with E-state index in [0.717, 1.165) is 11.4 Å². The molecule has 0 aliphatic carbocycles. The first kappa shape index (κ1) is 22.0. The van der Waals surface area contributed by atoms with Crippen molar-refractivity contribution in [1.82, 2.24) is 0 Å². The Bertz CT molecular complexity index is 1090. The summed E-state index contributed by atoms with van der Waals surface area (Å²) in [4.78, 5) is 4.78. The highest BCUT2D eigenvalue weighted by Gasteiger charge is 2.51. The lowest BCUT2D eigenvalue weighted by atomic mass is 9.91. The van der Waals surface area contributed by atoms with E-state index in [4.69, 9.17) is 0 Å². The van der Waals surface area contributed by atoms with Gasteiger partial charge in [-0.25, -0.2) is 4.39 Å². The highest BCUT2D eigenvalue weighted by atomic mass is 19.1. The average Bonchev–Trinajstić information content (AvgIpc) is 2.99. The summed E-state index contributed by atoms with van der Waals surface area (Å²) in [5.74, 6) is -0.201. The molecule has 2 nitrogen and oxygen atoms in total. The fourth-order valence-corrected chi connectivity index (χ4v) is 7.09. The first-order valence-corrected chi connectivity index (χ1v) is 11.9. The van der Waals surface area contributed by atoms with Crippen molar-refractivity contribution in [3.8, 4) is 0 Å².